The number of halogens is 1. The number of nitrogens with two attached hydrogens (primary N) is 1. The van der Waals surface area contributed by atoms with E-state index in [1.165, 1.54) is 22.2 Å². The highest BCUT2D eigenvalue weighted by Gasteiger charge is 1.95. The van der Waals surface area contributed by atoms with Gasteiger partial charge in [-0.15, -0.1) is 11.3 Å². The van der Waals surface area contributed by atoms with Gasteiger partial charge in [0.05, 0.1) is 3.79 Å². The van der Waals surface area contributed by atoms with Crippen molar-refractivity contribution < 1.29 is 0 Å². The quantitative estimate of drug-likeness (QED) is 0.796. The first-order chi connectivity index (χ1) is 5.33. The average Bonchev–Trinajstić information content (AvgIpc) is 2.37. The van der Waals surface area contributed by atoms with E-state index in [1.807, 2.05) is 0 Å². The molecule has 0 atom stereocenters. The Morgan fingerprint density at radius 3 is 2.82 bits per heavy atom. The molecule has 1 nitrogen and oxygen atoms in total. The Morgan fingerprint density at radius 2 is 2.27 bits per heavy atom. The Hall–Kier alpha value is 0.140. The maximum atomic E-state index is 5.39. The second-order valence-corrected chi connectivity index (χ2v) is 4.80. The summed E-state index contributed by atoms with van der Waals surface area (Å²) in [6.45, 7) is 0.811. The molecule has 0 fully saturated rings. The zero-order valence-electron chi connectivity index (χ0n) is 6.35. The standard InChI is InChI=1S/C8H12BrNS/c9-8-5-7(6-11-8)3-1-2-4-10/h5-6H,1-4,10H2. The molecule has 0 aliphatic carbocycles. The molecule has 62 valence electrons. The van der Waals surface area contributed by atoms with Crippen LogP contribution in [0.2, 0.25) is 0 Å². The Morgan fingerprint density at radius 1 is 1.45 bits per heavy atom. The van der Waals surface area contributed by atoms with Gasteiger partial charge in [-0.2, -0.15) is 0 Å². The molecule has 1 heterocycles. The third kappa shape index (κ3) is 3.36. The van der Waals surface area contributed by atoms with Crippen molar-refractivity contribution in [2.45, 2.75) is 19.3 Å². The number of unbranched alkanes of at least 4 members (excludes halogenated alkanes) is 1. The van der Waals surface area contributed by atoms with E-state index in [2.05, 4.69) is 27.4 Å². The van der Waals surface area contributed by atoms with E-state index in [-0.39, 0.29) is 0 Å². The van der Waals surface area contributed by atoms with Crippen molar-refractivity contribution in [1.29, 1.82) is 0 Å². The van der Waals surface area contributed by atoms with Gasteiger partial charge in [-0.05, 0) is 58.7 Å². The predicted octanol–water partition coefficient (Wildman–Crippen LogP) is 2.79. The van der Waals surface area contributed by atoms with Crippen LogP contribution in [-0.2, 0) is 6.42 Å². The molecular formula is C8H12BrNS. The molecule has 1 aromatic heterocycles. The smallest absolute Gasteiger partial charge is 0.0701 e. The Balaban J connectivity index is 2.27. The molecule has 0 unspecified atom stereocenters. The van der Waals surface area contributed by atoms with Crippen molar-refractivity contribution in [3.63, 3.8) is 0 Å². The molecule has 1 rings (SSSR count). The lowest BCUT2D eigenvalue weighted by Crippen LogP contribution is -1.98. The normalized spacial score (nSPS) is 10.4. The molecule has 2 N–H and O–H groups in total. The fraction of sp³-hybridized carbons (Fsp3) is 0.500. The average molecular weight is 234 g/mol. The van der Waals surface area contributed by atoms with Crippen LogP contribution >= 0.6 is 27.3 Å². The summed E-state index contributed by atoms with van der Waals surface area (Å²) < 4.78 is 1.22. The lowest BCUT2D eigenvalue weighted by atomic mass is 10.1. The summed E-state index contributed by atoms with van der Waals surface area (Å²) in [4.78, 5) is 0. The van der Waals surface area contributed by atoms with Crippen LogP contribution in [0.3, 0.4) is 0 Å². The molecule has 0 saturated heterocycles. The second-order valence-electron chi connectivity index (χ2n) is 2.50. The van der Waals surface area contributed by atoms with Gasteiger partial charge in [0.2, 0.25) is 0 Å². The van der Waals surface area contributed by atoms with Gasteiger partial charge in [0.1, 0.15) is 0 Å². The monoisotopic (exact) mass is 233 g/mol. The summed E-state index contributed by atoms with van der Waals surface area (Å²) >= 11 is 5.18. The van der Waals surface area contributed by atoms with Crippen molar-refractivity contribution in [2.75, 3.05) is 6.54 Å². The van der Waals surface area contributed by atoms with Gasteiger partial charge in [0.25, 0.3) is 0 Å². The van der Waals surface area contributed by atoms with Gasteiger partial charge < -0.3 is 5.73 Å². The van der Waals surface area contributed by atoms with Crippen LogP contribution in [0, 0.1) is 0 Å². The molecule has 3 heteroatoms. The van der Waals surface area contributed by atoms with Crippen molar-refractivity contribution in [1.82, 2.24) is 0 Å². The maximum Gasteiger partial charge on any atom is 0.0701 e. The summed E-state index contributed by atoms with van der Waals surface area (Å²) in [5, 5.41) is 2.20. The van der Waals surface area contributed by atoms with E-state index in [9.17, 15) is 0 Å². The maximum absolute atomic E-state index is 5.39. The number of thiophene rings is 1. The summed E-state index contributed by atoms with van der Waals surface area (Å²) in [7, 11) is 0. The predicted molar refractivity (Wildman–Crippen MR) is 54.0 cm³/mol. The zero-order valence-corrected chi connectivity index (χ0v) is 8.75. The van der Waals surface area contributed by atoms with Gasteiger partial charge in [0.15, 0.2) is 0 Å². The van der Waals surface area contributed by atoms with Crippen LogP contribution in [0.15, 0.2) is 15.2 Å². The number of hydrogen-bond donors (Lipinski definition) is 1. The first kappa shape index (κ1) is 9.23. The highest BCUT2D eigenvalue weighted by molar-refractivity contribution is 9.11. The van der Waals surface area contributed by atoms with Crippen molar-refractivity contribution in [2.24, 2.45) is 5.73 Å². The fourth-order valence-corrected chi connectivity index (χ4v) is 2.19. The van der Waals surface area contributed by atoms with Crippen LogP contribution in [0.25, 0.3) is 0 Å². The lowest BCUT2D eigenvalue weighted by molar-refractivity contribution is 0.746. The molecule has 0 aromatic carbocycles. The molecule has 0 amide bonds. The van der Waals surface area contributed by atoms with Gasteiger partial charge in [-0.1, -0.05) is 0 Å². The molecule has 0 aliphatic heterocycles. The van der Waals surface area contributed by atoms with Crippen LogP contribution in [-0.4, -0.2) is 6.54 Å². The highest BCUT2D eigenvalue weighted by Crippen LogP contribution is 2.21. The van der Waals surface area contributed by atoms with Crippen LogP contribution in [0.5, 0.6) is 0 Å². The molecule has 0 aliphatic rings. The molecule has 0 spiro atoms. The van der Waals surface area contributed by atoms with Crippen LogP contribution < -0.4 is 5.73 Å². The van der Waals surface area contributed by atoms with Crippen molar-refractivity contribution >= 4 is 27.3 Å². The van der Waals surface area contributed by atoms with E-state index in [4.69, 9.17) is 5.73 Å². The van der Waals surface area contributed by atoms with Gasteiger partial charge in [-0.25, -0.2) is 0 Å². The Bertz CT molecular complexity index is 210. The minimum atomic E-state index is 0.811. The lowest BCUT2D eigenvalue weighted by Gasteiger charge is -1.94. The minimum Gasteiger partial charge on any atom is -0.330 e. The number of hydrogen-bond acceptors (Lipinski definition) is 2. The van der Waals surface area contributed by atoms with Gasteiger partial charge in [-0.3, -0.25) is 0 Å². The molecule has 0 radical (unpaired) electrons. The van der Waals surface area contributed by atoms with E-state index in [0.717, 1.165) is 13.0 Å². The van der Waals surface area contributed by atoms with Crippen molar-refractivity contribution in [3.05, 3.63) is 20.8 Å². The molecule has 1 aromatic rings. The largest absolute Gasteiger partial charge is 0.330 e. The van der Waals surface area contributed by atoms with Crippen LogP contribution in [0.4, 0.5) is 0 Å². The van der Waals surface area contributed by atoms with Gasteiger partial charge in [0, 0.05) is 0 Å². The summed E-state index contributed by atoms with van der Waals surface area (Å²) in [6.07, 6.45) is 3.51. The third-order valence-electron chi connectivity index (χ3n) is 1.54. The topological polar surface area (TPSA) is 26.0 Å². The van der Waals surface area contributed by atoms with E-state index >= 15 is 0 Å². The minimum absolute atomic E-state index is 0.811. The summed E-state index contributed by atoms with van der Waals surface area (Å²) in [5.74, 6) is 0. The van der Waals surface area contributed by atoms with Crippen molar-refractivity contribution in [3.8, 4) is 0 Å². The first-order valence-corrected chi connectivity index (χ1v) is 5.43. The van der Waals surface area contributed by atoms with E-state index in [1.54, 1.807) is 11.3 Å². The first-order valence-electron chi connectivity index (χ1n) is 3.76. The molecule has 0 saturated carbocycles. The van der Waals surface area contributed by atoms with Gasteiger partial charge >= 0.3 is 0 Å². The number of aryl methyl sites for hydroxylation is 1. The third-order valence-corrected chi connectivity index (χ3v) is 3.09. The Labute approximate surface area is 79.7 Å². The fourth-order valence-electron chi connectivity index (χ4n) is 0.950. The highest BCUT2D eigenvalue weighted by atomic mass is 79.9. The summed E-state index contributed by atoms with van der Waals surface area (Å²) in [6, 6.07) is 2.18. The zero-order chi connectivity index (χ0) is 8.10. The Kier molecular flexibility index (Phi) is 4.12. The van der Waals surface area contributed by atoms with E-state index < -0.39 is 0 Å². The van der Waals surface area contributed by atoms with E-state index in [0.29, 0.717) is 0 Å². The molecule has 11 heavy (non-hydrogen) atoms. The number of rotatable bonds is 4. The SMILES string of the molecule is NCCCCc1csc(Br)c1. The molecular weight excluding hydrogens is 222 g/mol. The molecule has 0 bridgehead atoms. The summed E-state index contributed by atoms with van der Waals surface area (Å²) in [5.41, 5.74) is 6.82. The second kappa shape index (κ2) is 4.91. The van der Waals surface area contributed by atoms with Crippen LogP contribution in [0.1, 0.15) is 18.4 Å².